The quantitative estimate of drug-likeness (QED) is 0.512. The zero-order chi connectivity index (χ0) is 27.4. The van der Waals surface area contributed by atoms with Gasteiger partial charge in [0, 0.05) is 42.0 Å². The number of piperidine rings is 1. The minimum atomic E-state index is -0.584. The number of benzene rings is 1. The molecule has 0 spiro atoms. The maximum absolute atomic E-state index is 13.5. The van der Waals surface area contributed by atoms with Crippen LogP contribution in [0.4, 0.5) is 16.2 Å². The molecule has 1 unspecified atom stereocenters. The average Bonchev–Trinajstić information content (AvgIpc) is 2.95. The number of carbonyl (C=O) groups is 3. The fourth-order valence-electron chi connectivity index (χ4n) is 5.84. The Labute approximate surface area is 229 Å². The van der Waals surface area contributed by atoms with Crippen LogP contribution in [0.3, 0.4) is 0 Å². The Hall–Kier alpha value is -3.72. The highest BCUT2D eigenvalue weighted by atomic mass is 16.5. The molecule has 1 aromatic heterocycles. The van der Waals surface area contributed by atoms with Gasteiger partial charge in [-0.25, -0.2) is 4.79 Å². The van der Waals surface area contributed by atoms with Crippen LogP contribution < -0.4 is 16.0 Å². The van der Waals surface area contributed by atoms with Crippen molar-refractivity contribution in [1.82, 2.24) is 15.2 Å². The van der Waals surface area contributed by atoms with Gasteiger partial charge in [-0.1, -0.05) is 25.8 Å². The van der Waals surface area contributed by atoms with E-state index in [9.17, 15) is 14.4 Å². The Morgan fingerprint density at radius 1 is 1.10 bits per heavy atom. The Balaban J connectivity index is 1.48. The SMILES string of the molecule is COC(=O)Nc1ccc2c(c1)NC(=O)[C@H](C)CCC[C@H](N1CCC(C3CCCCN3)=CC1=O)c1cc-2ccn1. The number of methoxy groups -OCH3 is 1. The topological polar surface area (TPSA) is 113 Å². The van der Waals surface area contributed by atoms with Gasteiger partial charge in [-0.2, -0.15) is 0 Å². The number of pyridine rings is 1. The number of anilines is 2. The molecule has 39 heavy (non-hydrogen) atoms. The summed E-state index contributed by atoms with van der Waals surface area (Å²) in [6, 6.07) is 9.42. The molecule has 1 fully saturated rings. The van der Waals surface area contributed by atoms with E-state index in [2.05, 4.69) is 16.0 Å². The molecule has 3 atom stereocenters. The fraction of sp³-hybridized carbons (Fsp3) is 0.467. The van der Waals surface area contributed by atoms with Gasteiger partial charge in [0.2, 0.25) is 11.8 Å². The van der Waals surface area contributed by atoms with Crippen molar-refractivity contribution in [2.45, 2.75) is 64.0 Å². The molecule has 3 aliphatic rings. The molecule has 5 rings (SSSR count). The third kappa shape index (κ3) is 6.14. The number of fused-ring (bicyclic) bond motifs is 4. The molecule has 3 aliphatic heterocycles. The van der Waals surface area contributed by atoms with Gasteiger partial charge in [0.05, 0.1) is 24.5 Å². The smallest absolute Gasteiger partial charge is 0.411 e. The molecule has 206 valence electrons. The second-order valence-corrected chi connectivity index (χ2v) is 10.7. The van der Waals surface area contributed by atoms with Crippen LogP contribution in [0.15, 0.2) is 48.2 Å². The van der Waals surface area contributed by atoms with Crippen LogP contribution in [0.2, 0.25) is 0 Å². The van der Waals surface area contributed by atoms with Crippen LogP contribution >= 0.6 is 0 Å². The summed E-state index contributed by atoms with van der Waals surface area (Å²) in [5, 5.41) is 9.29. The molecule has 0 aliphatic carbocycles. The van der Waals surface area contributed by atoms with Gasteiger partial charge < -0.3 is 20.3 Å². The number of amides is 3. The number of hydrogen-bond donors (Lipinski definition) is 3. The maximum atomic E-state index is 13.5. The van der Waals surface area contributed by atoms with Crippen LogP contribution in [0.5, 0.6) is 0 Å². The first-order chi connectivity index (χ1) is 18.9. The highest BCUT2D eigenvalue weighted by molar-refractivity contribution is 5.98. The normalized spacial score (nSPS) is 23.9. The van der Waals surface area contributed by atoms with Crippen LogP contribution in [-0.4, -0.2) is 54.0 Å². The second kappa shape index (κ2) is 12.0. The summed E-state index contributed by atoms with van der Waals surface area (Å²) in [6.07, 6.45) is 9.56. The Morgan fingerprint density at radius 3 is 2.74 bits per heavy atom. The lowest BCUT2D eigenvalue weighted by atomic mass is 9.90. The van der Waals surface area contributed by atoms with Crippen LogP contribution in [0.1, 0.15) is 63.6 Å². The minimum Gasteiger partial charge on any atom is -0.453 e. The van der Waals surface area contributed by atoms with Gasteiger partial charge >= 0.3 is 6.09 Å². The van der Waals surface area contributed by atoms with Gasteiger partial charge in [0.25, 0.3) is 0 Å². The molecule has 2 aromatic rings. The van der Waals surface area contributed by atoms with Crippen molar-refractivity contribution in [1.29, 1.82) is 0 Å². The predicted octanol–water partition coefficient (Wildman–Crippen LogP) is 5.03. The summed E-state index contributed by atoms with van der Waals surface area (Å²) in [4.78, 5) is 45.0. The molecule has 9 heteroatoms. The van der Waals surface area contributed by atoms with E-state index in [0.29, 0.717) is 30.4 Å². The van der Waals surface area contributed by atoms with Gasteiger partial charge in [-0.15, -0.1) is 0 Å². The monoisotopic (exact) mass is 531 g/mol. The Morgan fingerprint density at radius 2 is 1.97 bits per heavy atom. The standard InChI is InChI=1S/C30H37N5O4/c1-19-6-5-8-27(35-15-12-21(17-28(35)36)24-7-3-4-13-31-24)26-16-20(11-14-32-26)23-10-9-22(33-30(38)39-2)18-25(23)34-29(19)37/h9-11,14,16-19,24,27,31H,3-8,12-13,15H2,1-2H3,(H,33,38)(H,34,37)/t19-,24?,27+/m1/s1. The highest BCUT2D eigenvalue weighted by Crippen LogP contribution is 2.36. The number of ether oxygens (including phenoxy) is 1. The van der Waals surface area contributed by atoms with Crippen LogP contribution in [-0.2, 0) is 14.3 Å². The van der Waals surface area contributed by atoms with E-state index in [1.807, 2.05) is 36.1 Å². The molecule has 0 radical (unpaired) electrons. The molecule has 2 bridgehead atoms. The van der Waals surface area contributed by atoms with E-state index < -0.39 is 6.09 Å². The lowest BCUT2D eigenvalue weighted by Gasteiger charge is -2.36. The summed E-state index contributed by atoms with van der Waals surface area (Å²) in [5.41, 5.74) is 4.85. The van der Waals surface area contributed by atoms with Gasteiger partial charge in [0.1, 0.15) is 0 Å². The third-order valence-corrected chi connectivity index (χ3v) is 8.07. The molecule has 3 amide bonds. The van der Waals surface area contributed by atoms with Gasteiger partial charge in [-0.3, -0.25) is 19.9 Å². The summed E-state index contributed by atoms with van der Waals surface area (Å²) < 4.78 is 4.72. The molecule has 9 nitrogen and oxygen atoms in total. The second-order valence-electron chi connectivity index (χ2n) is 10.7. The number of rotatable bonds is 3. The lowest BCUT2D eigenvalue weighted by Crippen LogP contribution is -2.42. The lowest BCUT2D eigenvalue weighted by molar-refractivity contribution is -0.129. The van der Waals surface area contributed by atoms with Crippen LogP contribution in [0.25, 0.3) is 11.1 Å². The van der Waals surface area contributed by atoms with Gasteiger partial charge in [0.15, 0.2) is 0 Å². The molecule has 0 saturated carbocycles. The third-order valence-electron chi connectivity index (χ3n) is 8.07. The maximum Gasteiger partial charge on any atom is 0.411 e. The first-order valence-corrected chi connectivity index (χ1v) is 13.9. The van der Waals surface area contributed by atoms with Crippen molar-refractivity contribution in [2.24, 2.45) is 5.92 Å². The summed E-state index contributed by atoms with van der Waals surface area (Å²) in [5.74, 6) is -0.264. The van der Waals surface area contributed by atoms with E-state index >= 15 is 0 Å². The van der Waals surface area contributed by atoms with Crippen molar-refractivity contribution in [3.05, 3.63) is 53.9 Å². The van der Waals surface area contributed by atoms with Gasteiger partial charge in [-0.05, 0) is 74.1 Å². The number of hydrogen-bond acceptors (Lipinski definition) is 6. The zero-order valence-electron chi connectivity index (χ0n) is 22.7. The highest BCUT2D eigenvalue weighted by Gasteiger charge is 2.31. The number of nitrogens with zero attached hydrogens (tertiary/aromatic N) is 2. The van der Waals surface area contributed by atoms with Crippen molar-refractivity contribution >= 4 is 29.3 Å². The first kappa shape index (κ1) is 26.9. The molecule has 4 heterocycles. The number of aromatic nitrogens is 1. The van der Waals surface area contributed by atoms with E-state index in [1.54, 1.807) is 18.3 Å². The first-order valence-electron chi connectivity index (χ1n) is 13.9. The van der Waals surface area contributed by atoms with E-state index in [-0.39, 0.29) is 23.8 Å². The largest absolute Gasteiger partial charge is 0.453 e. The van der Waals surface area contributed by atoms with E-state index in [1.165, 1.54) is 25.5 Å². The molecule has 1 aromatic carbocycles. The summed E-state index contributed by atoms with van der Waals surface area (Å²) >= 11 is 0. The van der Waals surface area contributed by atoms with Crippen molar-refractivity contribution in [3.8, 4) is 11.1 Å². The minimum absolute atomic E-state index is 0.0395. The molecular weight excluding hydrogens is 494 g/mol. The summed E-state index contributed by atoms with van der Waals surface area (Å²) in [6.45, 7) is 3.59. The van der Waals surface area contributed by atoms with E-state index in [0.717, 1.165) is 49.0 Å². The average molecular weight is 532 g/mol. The number of carbonyl (C=O) groups excluding carboxylic acids is 3. The number of nitrogens with one attached hydrogen (secondary N) is 3. The molecular formula is C30H37N5O4. The fourth-order valence-corrected chi connectivity index (χ4v) is 5.84. The van der Waals surface area contributed by atoms with Crippen LogP contribution in [0, 0.1) is 5.92 Å². The predicted molar refractivity (Wildman–Crippen MR) is 150 cm³/mol. The van der Waals surface area contributed by atoms with E-state index in [4.69, 9.17) is 9.72 Å². The van der Waals surface area contributed by atoms with Crippen molar-refractivity contribution in [3.63, 3.8) is 0 Å². The summed E-state index contributed by atoms with van der Waals surface area (Å²) in [7, 11) is 1.30. The Bertz CT molecular complexity index is 1270. The molecule has 3 N–H and O–H groups in total. The van der Waals surface area contributed by atoms with Crippen molar-refractivity contribution in [2.75, 3.05) is 30.8 Å². The Kier molecular flexibility index (Phi) is 8.26. The zero-order valence-corrected chi connectivity index (χ0v) is 22.7. The molecule has 1 saturated heterocycles. The van der Waals surface area contributed by atoms with Crippen molar-refractivity contribution < 1.29 is 19.1 Å².